The van der Waals surface area contributed by atoms with E-state index in [2.05, 4.69) is 114 Å². The van der Waals surface area contributed by atoms with Crippen LogP contribution in [-0.4, -0.2) is 15.0 Å². The summed E-state index contributed by atoms with van der Waals surface area (Å²) in [5, 5.41) is 0. The third kappa shape index (κ3) is 6.38. The van der Waals surface area contributed by atoms with Crippen molar-refractivity contribution in [2.45, 2.75) is 55.4 Å². The average molecular weight is 576 g/mol. The molecule has 0 aliphatic carbocycles. The van der Waals surface area contributed by atoms with Crippen molar-refractivity contribution >= 4 is 0 Å². The van der Waals surface area contributed by atoms with Crippen LogP contribution in [0.25, 0.3) is 56.4 Å². The van der Waals surface area contributed by atoms with E-state index < -0.39 is 0 Å². The minimum atomic E-state index is 0.663. The Morgan fingerprint density at radius 1 is 0.318 bits per heavy atom. The second-order valence-electron chi connectivity index (χ2n) is 11.3. The van der Waals surface area contributed by atoms with Gasteiger partial charge in [0.25, 0.3) is 0 Å². The van der Waals surface area contributed by atoms with E-state index in [4.69, 9.17) is 15.0 Å². The molecule has 0 spiro atoms. The summed E-state index contributed by atoms with van der Waals surface area (Å²) in [5.41, 5.74) is 15.6. The molecule has 3 heteroatoms. The molecule has 0 radical (unpaired) electrons. The molecule has 0 saturated carbocycles. The van der Waals surface area contributed by atoms with Crippen LogP contribution < -0.4 is 0 Å². The summed E-state index contributed by atoms with van der Waals surface area (Å²) < 4.78 is 0. The monoisotopic (exact) mass is 575 g/mol. The molecule has 6 rings (SSSR count). The van der Waals surface area contributed by atoms with Crippen molar-refractivity contribution in [3.63, 3.8) is 0 Å². The van der Waals surface area contributed by atoms with Gasteiger partial charge in [-0.15, -0.1) is 0 Å². The van der Waals surface area contributed by atoms with E-state index >= 15 is 0 Å². The number of hydrogen-bond donors (Lipinski definition) is 0. The highest BCUT2D eigenvalue weighted by Gasteiger charge is 2.13. The van der Waals surface area contributed by atoms with Crippen LogP contribution in [0.15, 0.2) is 103 Å². The number of aryl methyl sites for hydroxylation is 4. The number of nitrogens with zero attached hydrogens (tertiary/aromatic N) is 3. The molecule has 220 valence electrons. The fourth-order valence-corrected chi connectivity index (χ4v) is 5.38. The predicted octanol–water partition coefficient (Wildman–Crippen LogP) is 11.1. The Balaban J connectivity index is 0.00000188. The zero-order chi connectivity index (χ0) is 31.4. The van der Waals surface area contributed by atoms with Gasteiger partial charge in [-0.1, -0.05) is 117 Å². The summed E-state index contributed by atoms with van der Waals surface area (Å²) in [5.74, 6) is 1.99. The first-order valence-corrected chi connectivity index (χ1v) is 15.5. The average Bonchev–Trinajstić information content (AvgIpc) is 3.07. The van der Waals surface area contributed by atoms with Gasteiger partial charge in [0.1, 0.15) is 0 Å². The second kappa shape index (κ2) is 13.2. The van der Waals surface area contributed by atoms with Gasteiger partial charge >= 0.3 is 0 Å². The number of hydrogen-bond acceptors (Lipinski definition) is 3. The lowest BCUT2D eigenvalue weighted by Crippen LogP contribution is -2.00. The van der Waals surface area contributed by atoms with Crippen molar-refractivity contribution in [2.75, 3.05) is 0 Å². The predicted molar refractivity (Wildman–Crippen MR) is 187 cm³/mol. The molecule has 3 nitrogen and oxygen atoms in total. The molecule has 5 aromatic carbocycles. The maximum Gasteiger partial charge on any atom is 0.164 e. The Labute approximate surface area is 262 Å². The van der Waals surface area contributed by atoms with E-state index in [1.807, 2.05) is 44.2 Å². The standard InChI is InChI=1S/C39H35N3.C2H6/c1-24-20-35(21-25(2)28(24)5)30-12-16-33(17-13-30)38-40-37(32-10-8-7-9-11-32)41-39(42-38)34-18-14-31(15-19-34)36-22-26(3)29(6)27(4)23-36;1-2/h7-23H,1-6H3;1-2H3. The molecule has 0 aliphatic heterocycles. The first kappa shape index (κ1) is 30.6. The molecule has 0 saturated heterocycles. The van der Waals surface area contributed by atoms with Gasteiger partial charge in [-0.05, 0) is 97.2 Å². The fraction of sp³-hybridized carbons (Fsp3) is 0.195. The molecule has 0 unspecified atom stereocenters. The molecule has 0 atom stereocenters. The van der Waals surface area contributed by atoms with Gasteiger partial charge in [0.15, 0.2) is 17.5 Å². The van der Waals surface area contributed by atoms with Gasteiger partial charge in [0, 0.05) is 16.7 Å². The van der Waals surface area contributed by atoms with Crippen LogP contribution in [0.5, 0.6) is 0 Å². The highest BCUT2D eigenvalue weighted by Crippen LogP contribution is 2.30. The van der Waals surface area contributed by atoms with Crippen molar-refractivity contribution < 1.29 is 0 Å². The van der Waals surface area contributed by atoms with Crippen LogP contribution in [0, 0.1) is 41.5 Å². The van der Waals surface area contributed by atoms with Crippen LogP contribution >= 0.6 is 0 Å². The van der Waals surface area contributed by atoms with Crippen LogP contribution in [0.2, 0.25) is 0 Å². The van der Waals surface area contributed by atoms with Crippen LogP contribution in [0.4, 0.5) is 0 Å². The Kier molecular flexibility index (Phi) is 9.15. The van der Waals surface area contributed by atoms with Crippen molar-refractivity contribution in [1.29, 1.82) is 0 Å². The smallest absolute Gasteiger partial charge is 0.164 e. The SMILES string of the molecule is CC.Cc1cc(-c2ccc(-c3nc(-c4ccccc4)nc(-c4ccc(-c5cc(C)c(C)c(C)c5)cc4)n3)cc2)cc(C)c1C. The molecule has 1 aromatic heterocycles. The molecular formula is C41H41N3. The van der Waals surface area contributed by atoms with Crippen molar-refractivity contribution in [2.24, 2.45) is 0 Å². The number of rotatable bonds is 5. The number of benzene rings is 5. The van der Waals surface area contributed by atoms with E-state index in [0.29, 0.717) is 17.5 Å². The Bertz CT molecular complexity index is 1740. The van der Waals surface area contributed by atoms with Crippen LogP contribution in [0.3, 0.4) is 0 Å². The first-order chi connectivity index (χ1) is 21.3. The zero-order valence-corrected chi connectivity index (χ0v) is 27.2. The first-order valence-electron chi connectivity index (χ1n) is 15.5. The van der Waals surface area contributed by atoms with Crippen molar-refractivity contribution in [3.05, 3.63) is 137 Å². The van der Waals surface area contributed by atoms with Gasteiger partial charge in [0.2, 0.25) is 0 Å². The van der Waals surface area contributed by atoms with Crippen molar-refractivity contribution in [1.82, 2.24) is 15.0 Å². The minimum absolute atomic E-state index is 0.663. The third-order valence-corrected chi connectivity index (χ3v) is 8.47. The van der Waals surface area contributed by atoms with Crippen LogP contribution in [-0.2, 0) is 0 Å². The molecule has 0 amide bonds. The number of aromatic nitrogens is 3. The van der Waals surface area contributed by atoms with E-state index in [1.165, 1.54) is 55.6 Å². The maximum absolute atomic E-state index is 4.96. The lowest BCUT2D eigenvalue weighted by atomic mass is 9.96. The second-order valence-corrected chi connectivity index (χ2v) is 11.3. The molecule has 0 fully saturated rings. The molecular weight excluding hydrogens is 534 g/mol. The van der Waals surface area contributed by atoms with E-state index in [-0.39, 0.29) is 0 Å². The summed E-state index contributed by atoms with van der Waals surface area (Å²) in [6, 6.07) is 36.2. The Hall–Kier alpha value is -4.89. The minimum Gasteiger partial charge on any atom is -0.208 e. The quantitative estimate of drug-likeness (QED) is 0.205. The summed E-state index contributed by atoms with van der Waals surface area (Å²) in [6.45, 7) is 17.1. The summed E-state index contributed by atoms with van der Waals surface area (Å²) in [6.07, 6.45) is 0. The lowest BCUT2D eigenvalue weighted by molar-refractivity contribution is 1.07. The fourth-order valence-electron chi connectivity index (χ4n) is 5.38. The van der Waals surface area contributed by atoms with Gasteiger partial charge in [0.05, 0.1) is 0 Å². The molecule has 44 heavy (non-hydrogen) atoms. The Morgan fingerprint density at radius 2 is 0.591 bits per heavy atom. The highest BCUT2D eigenvalue weighted by molar-refractivity contribution is 5.73. The van der Waals surface area contributed by atoms with Crippen molar-refractivity contribution in [3.8, 4) is 56.4 Å². The largest absolute Gasteiger partial charge is 0.208 e. The summed E-state index contributed by atoms with van der Waals surface area (Å²) >= 11 is 0. The Morgan fingerprint density at radius 3 is 0.909 bits per heavy atom. The van der Waals surface area contributed by atoms with Gasteiger partial charge in [-0.25, -0.2) is 15.0 Å². The highest BCUT2D eigenvalue weighted by atomic mass is 15.0. The zero-order valence-electron chi connectivity index (χ0n) is 27.2. The molecule has 6 aromatic rings. The third-order valence-electron chi connectivity index (χ3n) is 8.47. The van der Waals surface area contributed by atoms with E-state index in [0.717, 1.165) is 16.7 Å². The molecule has 0 N–H and O–H groups in total. The normalized spacial score (nSPS) is 10.7. The van der Waals surface area contributed by atoms with E-state index in [9.17, 15) is 0 Å². The summed E-state index contributed by atoms with van der Waals surface area (Å²) in [4.78, 5) is 14.8. The lowest BCUT2D eigenvalue weighted by Gasteiger charge is -2.12. The molecule has 0 aliphatic rings. The van der Waals surface area contributed by atoms with Gasteiger partial charge in [-0.2, -0.15) is 0 Å². The summed E-state index contributed by atoms with van der Waals surface area (Å²) in [7, 11) is 0. The van der Waals surface area contributed by atoms with Gasteiger partial charge < -0.3 is 0 Å². The van der Waals surface area contributed by atoms with E-state index in [1.54, 1.807) is 0 Å². The maximum atomic E-state index is 4.96. The molecule has 1 heterocycles. The topological polar surface area (TPSA) is 38.7 Å². The van der Waals surface area contributed by atoms with Gasteiger partial charge in [-0.3, -0.25) is 0 Å². The van der Waals surface area contributed by atoms with Crippen LogP contribution in [0.1, 0.15) is 47.2 Å². The molecule has 0 bridgehead atoms.